The monoisotopic (exact) mass is 608 g/mol. The molecule has 12 heteroatoms. The van der Waals surface area contributed by atoms with Gasteiger partial charge >= 0.3 is 11.9 Å². The molecule has 1 amide bonds. The Kier molecular flexibility index (Phi) is 9.04. The van der Waals surface area contributed by atoms with Gasteiger partial charge in [0.05, 0.1) is 16.7 Å². The quantitative estimate of drug-likeness (QED) is 0.0960. The standard InChI is InChI=1S/C33H28N4O8/c1-21-6-7-22(2)36(21)26-8-11-28(12-9-26)43-20-29-13-15-31(45-29)32(38)35-34-18-25-17-27(37(41)42)10-14-30(25)44-19-23-4-3-5-24(16-23)33(39)40/h3-18H,19-20H2,1-2H3,(H,35,38)(H,39,40)/b34-18+. The average molecular weight is 609 g/mol. The number of nitro groups is 1. The summed E-state index contributed by atoms with van der Waals surface area (Å²) in [5, 5.41) is 24.4. The Morgan fingerprint density at radius 2 is 1.71 bits per heavy atom. The van der Waals surface area contributed by atoms with Gasteiger partial charge in [-0.15, -0.1) is 0 Å². The molecule has 0 fully saturated rings. The first-order chi connectivity index (χ1) is 21.7. The van der Waals surface area contributed by atoms with E-state index >= 15 is 0 Å². The number of ether oxygens (including phenoxy) is 2. The van der Waals surface area contributed by atoms with Crippen molar-refractivity contribution in [1.29, 1.82) is 0 Å². The van der Waals surface area contributed by atoms with Crippen LogP contribution in [-0.2, 0) is 13.2 Å². The molecule has 2 N–H and O–H groups in total. The van der Waals surface area contributed by atoms with Crippen LogP contribution >= 0.6 is 0 Å². The molecule has 2 heterocycles. The molecule has 0 atom stereocenters. The van der Waals surface area contributed by atoms with Crippen molar-refractivity contribution in [2.75, 3.05) is 0 Å². The van der Waals surface area contributed by atoms with E-state index in [1.54, 1.807) is 18.2 Å². The SMILES string of the molecule is Cc1ccc(C)n1-c1ccc(OCc2ccc(C(=O)N/N=C/c3cc([N+](=O)[O-])ccc3OCc3cccc(C(=O)O)c3)o2)cc1. The minimum atomic E-state index is -1.07. The van der Waals surface area contributed by atoms with E-state index in [9.17, 15) is 24.8 Å². The number of hydrogen-bond acceptors (Lipinski definition) is 8. The summed E-state index contributed by atoms with van der Waals surface area (Å²) >= 11 is 0. The molecule has 228 valence electrons. The Bertz CT molecular complexity index is 1870. The zero-order chi connectivity index (χ0) is 31.9. The maximum atomic E-state index is 12.6. The molecule has 0 spiro atoms. The average Bonchev–Trinajstić information content (AvgIpc) is 3.65. The van der Waals surface area contributed by atoms with Crippen LogP contribution in [0.2, 0.25) is 0 Å². The number of hydrazone groups is 1. The third-order valence-electron chi connectivity index (χ3n) is 6.77. The summed E-state index contributed by atoms with van der Waals surface area (Å²) in [6.07, 6.45) is 1.21. The van der Waals surface area contributed by atoms with Gasteiger partial charge < -0.3 is 23.6 Å². The van der Waals surface area contributed by atoms with Crippen molar-refractivity contribution in [2.45, 2.75) is 27.1 Å². The largest absolute Gasteiger partial charge is 0.488 e. The minimum absolute atomic E-state index is 0.00000890. The number of hydrogen-bond donors (Lipinski definition) is 2. The van der Waals surface area contributed by atoms with E-state index in [2.05, 4.69) is 27.2 Å². The lowest BCUT2D eigenvalue weighted by atomic mass is 10.1. The number of aromatic nitrogens is 1. The second-order valence-electron chi connectivity index (χ2n) is 9.97. The molecule has 0 aliphatic rings. The van der Waals surface area contributed by atoms with Gasteiger partial charge in [-0.2, -0.15) is 5.10 Å². The summed E-state index contributed by atoms with van der Waals surface area (Å²) < 4.78 is 19.3. The Morgan fingerprint density at radius 3 is 2.42 bits per heavy atom. The smallest absolute Gasteiger partial charge is 0.335 e. The van der Waals surface area contributed by atoms with Gasteiger partial charge in [-0.1, -0.05) is 12.1 Å². The van der Waals surface area contributed by atoms with Crippen LogP contribution < -0.4 is 14.9 Å². The lowest BCUT2D eigenvalue weighted by Gasteiger charge is -2.10. The zero-order valence-electron chi connectivity index (χ0n) is 24.3. The number of carbonyl (C=O) groups excluding carboxylic acids is 1. The number of nitro benzene ring substituents is 1. The molecular formula is C33H28N4O8. The third-order valence-corrected chi connectivity index (χ3v) is 6.77. The van der Waals surface area contributed by atoms with E-state index in [-0.39, 0.29) is 41.5 Å². The minimum Gasteiger partial charge on any atom is -0.488 e. The van der Waals surface area contributed by atoms with Crippen molar-refractivity contribution in [3.63, 3.8) is 0 Å². The fraction of sp³-hybridized carbons (Fsp3) is 0.121. The molecule has 0 saturated carbocycles. The number of nitrogens with one attached hydrogen (secondary N) is 1. The Morgan fingerprint density at radius 1 is 0.956 bits per heavy atom. The highest BCUT2D eigenvalue weighted by molar-refractivity contribution is 5.93. The van der Waals surface area contributed by atoms with Crippen molar-refractivity contribution >= 4 is 23.8 Å². The highest BCUT2D eigenvalue weighted by Gasteiger charge is 2.14. The summed E-state index contributed by atoms with van der Waals surface area (Å²) in [6, 6.07) is 25.0. The predicted octanol–water partition coefficient (Wildman–Crippen LogP) is 6.22. The van der Waals surface area contributed by atoms with Gasteiger partial charge in [-0.05, 0) is 86.1 Å². The number of nitrogens with zero attached hydrogens (tertiary/aromatic N) is 3. The van der Waals surface area contributed by atoms with Gasteiger partial charge in [0.1, 0.15) is 30.5 Å². The van der Waals surface area contributed by atoms with E-state index in [0.29, 0.717) is 17.1 Å². The molecule has 12 nitrogen and oxygen atoms in total. The van der Waals surface area contributed by atoms with Crippen molar-refractivity contribution in [3.05, 3.63) is 141 Å². The summed E-state index contributed by atoms with van der Waals surface area (Å²) in [5.74, 6) is -0.422. The lowest BCUT2D eigenvalue weighted by Crippen LogP contribution is -2.17. The molecule has 5 aromatic rings. The van der Waals surface area contributed by atoms with Gasteiger partial charge in [-0.25, -0.2) is 10.2 Å². The number of aromatic carboxylic acids is 1. The normalized spacial score (nSPS) is 11.0. The van der Waals surface area contributed by atoms with Crippen LogP contribution in [0.5, 0.6) is 11.5 Å². The first-order valence-corrected chi connectivity index (χ1v) is 13.7. The molecule has 45 heavy (non-hydrogen) atoms. The second-order valence-corrected chi connectivity index (χ2v) is 9.97. The van der Waals surface area contributed by atoms with Crippen molar-refractivity contribution < 1.29 is 33.5 Å². The summed E-state index contributed by atoms with van der Waals surface area (Å²) in [6.45, 7) is 4.18. The molecule has 3 aromatic carbocycles. The Balaban J connectivity index is 1.19. The molecule has 0 aliphatic carbocycles. The van der Waals surface area contributed by atoms with E-state index in [1.807, 2.05) is 38.1 Å². The number of carboxylic acid groups (broad SMARTS) is 1. The fourth-order valence-corrected chi connectivity index (χ4v) is 4.55. The molecular weight excluding hydrogens is 580 g/mol. The summed E-state index contributed by atoms with van der Waals surface area (Å²) in [4.78, 5) is 34.6. The molecule has 0 unspecified atom stereocenters. The number of non-ortho nitro benzene ring substituents is 1. The van der Waals surface area contributed by atoms with Crippen molar-refractivity contribution in [3.8, 4) is 17.2 Å². The van der Waals surface area contributed by atoms with E-state index in [4.69, 9.17) is 13.9 Å². The van der Waals surface area contributed by atoms with Crippen LogP contribution in [0.1, 0.15) is 49.2 Å². The number of amides is 1. The molecule has 0 saturated heterocycles. The fourth-order valence-electron chi connectivity index (χ4n) is 4.55. The number of carbonyl (C=O) groups is 2. The van der Waals surface area contributed by atoms with E-state index in [0.717, 1.165) is 17.1 Å². The molecule has 0 bridgehead atoms. The van der Waals surface area contributed by atoms with Crippen LogP contribution in [0, 0.1) is 24.0 Å². The lowest BCUT2D eigenvalue weighted by molar-refractivity contribution is -0.384. The van der Waals surface area contributed by atoms with Crippen LogP contribution in [0.25, 0.3) is 5.69 Å². The van der Waals surface area contributed by atoms with Crippen LogP contribution in [-0.4, -0.2) is 32.7 Å². The number of furan rings is 1. The van der Waals surface area contributed by atoms with E-state index < -0.39 is 16.8 Å². The van der Waals surface area contributed by atoms with Crippen LogP contribution in [0.3, 0.4) is 0 Å². The molecule has 0 radical (unpaired) electrons. The van der Waals surface area contributed by atoms with Gasteiger partial charge in [-0.3, -0.25) is 14.9 Å². The summed E-state index contributed by atoms with van der Waals surface area (Å²) in [5.41, 5.74) is 6.32. The number of benzene rings is 3. The van der Waals surface area contributed by atoms with E-state index in [1.165, 1.54) is 42.6 Å². The number of carboxylic acids is 1. The second kappa shape index (κ2) is 13.4. The maximum absolute atomic E-state index is 12.6. The zero-order valence-corrected chi connectivity index (χ0v) is 24.3. The molecule has 2 aromatic heterocycles. The van der Waals surface area contributed by atoms with Gasteiger partial charge in [0.2, 0.25) is 0 Å². The first-order valence-electron chi connectivity index (χ1n) is 13.7. The highest BCUT2D eigenvalue weighted by atomic mass is 16.6. The molecule has 0 aliphatic heterocycles. The topological polar surface area (TPSA) is 158 Å². The summed E-state index contributed by atoms with van der Waals surface area (Å²) in [7, 11) is 0. The van der Waals surface area contributed by atoms with Crippen LogP contribution in [0.4, 0.5) is 5.69 Å². The third kappa shape index (κ3) is 7.43. The number of aryl methyl sites for hydroxylation is 2. The number of rotatable bonds is 12. The van der Waals surface area contributed by atoms with Crippen molar-refractivity contribution in [1.82, 2.24) is 9.99 Å². The van der Waals surface area contributed by atoms with Gasteiger partial charge in [0.15, 0.2) is 5.76 Å². The predicted molar refractivity (Wildman–Crippen MR) is 164 cm³/mol. The van der Waals surface area contributed by atoms with Gasteiger partial charge in [0.25, 0.3) is 5.69 Å². The van der Waals surface area contributed by atoms with Crippen molar-refractivity contribution in [2.24, 2.45) is 5.10 Å². The Labute approximate surface area is 257 Å². The van der Waals surface area contributed by atoms with Gasteiger partial charge in [0, 0.05) is 34.8 Å². The maximum Gasteiger partial charge on any atom is 0.335 e. The highest BCUT2D eigenvalue weighted by Crippen LogP contribution is 2.24. The van der Waals surface area contributed by atoms with Crippen LogP contribution in [0.15, 0.2) is 101 Å². The first kappa shape index (κ1) is 30.3. The Hall–Kier alpha value is -6.17. The molecule has 5 rings (SSSR count).